The molecule has 5 nitrogen and oxygen atoms in total. The van der Waals surface area contributed by atoms with Crippen molar-refractivity contribution in [2.75, 3.05) is 33.9 Å². The van der Waals surface area contributed by atoms with Crippen molar-refractivity contribution < 1.29 is 9.18 Å². The zero-order chi connectivity index (χ0) is 15.5. The van der Waals surface area contributed by atoms with Crippen molar-refractivity contribution in [3.63, 3.8) is 0 Å². The van der Waals surface area contributed by atoms with Crippen LogP contribution in [0.5, 0.6) is 0 Å². The molecule has 0 atom stereocenters. The molecule has 0 saturated heterocycles. The van der Waals surface area contributed by atoms with Gasteiger partial charge >= 0.3 is 0 Å². The van der Waals surface area contributed by atoms with Gasteiger partial charge < -0.3 is 15.5 Å². The molecule has 1 rings (SSSR count). The predicted octanol–water partition coefficient (Wildman–Crippen LogP) is 1.17. The monoisotopic (exact) mass is 294 g/mol. The number of alkyl halides is 1. The van der Waals surface area contributed by atoms with Gasteiger partial charge in [-0.05, 0) is 12.0 Å². The molecule has 1 amide bonds. The van der Waals surface area contributed by atoms with E-state index in [0.29, 0.717) is 25.5 Å². The summed E-state index contributed by atoms with van der Waals surface area (Å²) >= 11 is 0. The first-order chi connectivity index (χ1) is 10.1. The van der Waals surface area contributed by atoms with E-state index in [1.165, 1.54) is 4.90 Å². The number of carbonyl (C=O) groups is 1. The third kappa shape index (κ3) is 7.29. The third-order valence-corrected chi connectivity index (χ3v) is 2.77. The van der Waals surface area contributed by atoms with Crippen LogP contribution in [0.4, 0.5) is 4.39 Å². The third-order valence-electron chi connectivity index (χ3n) is 2.77. The first-order valence-electron chi connectivity index (χ1n) is 6.95. The van der Waals surface area contributed by atoms with Gasteiger partial charge in [-0.15, -0.1) is 0 Å². The molecule has 6 heteroatoms. The standard InChI is InChI=1S/C15H23FN4O/c1-20(2)14(21)12-19-15(17-10-6-9-16)18-11-13-7-4-3-5-8-13/h3-5,7-8H,6,9-12H2,1-2H3,(H2,17,18,19). The van der Waals surface area contributed by atoms with E-state index in [9.17, 15) is 9.18 Å². The number of rotatable bonds is 7. The Labute approximate surface area is 125 Å². The van der Waals surface area contributed by atoms with Crippen molar-refractivity contribution >= 4 is 11.9 Å². The largest absolute Gasteiger partial charge is 0.356 e. The summed E-state index contributed by atoms with van der Waals surface area (Å²) in [7, 11) is 3.39. The van der Waals surface area contributed by atoms with Gasteiger partial charge in [0, 0.05) is 20.6 Å². The molecule has 21 heavy (non-hydrogen) atoms. The van der Waals surface area contributed by atoms with Crippen LogP contribution in [0.1, 0.15) is 12.0 Å². The smallest absolute Gasteiger partial charge is 0.241 e. The number of aliphatic imine (C=N–C) groups is 1. The average Bonchev–Trinajstić information content (AvgIpc) is 2.50. The summed E-state index contributed by atoms with van der Waals surface area (Å²) in [6, 6.07) is 9.80. The van der Waals surface area contributed by atoms with Crippen LogP contribution in [0.25, 0.3) is 0 Å². The Morgan fingerprint density at radius 2 is 1.95 bits per heavy atom. The van der Waals surface area contributed by atoms with Gasteiger partial charge in [-0.25, -0.2) is 4.99 Å². The second kappa shape index (κ2) is 9.74. The van der Waals surface area contributed by atoms with Gasteiger partial charge in [-0.3, -0.25) is 9.18 Å². The van der Waals surface area contributed by atoms with Gasteiger partial charge in [0.2, 0.25) is 5.91 Å². The summed E-state index contributed by atoms with van der Waals surface area (Å²) in [4.78, 5) is 17.5. The molecule has 116 valence electrons. The van der Waals surface area contributed by atoms with Gasteiger partial charge in [0.1, 0.15) is 0 Å². The molecule has 0 aromatic heterocycles. The van der Waals surface area contributed by atoms with E-state index in [4.69, 9.17) is 0 Å². The van der Waals surface area contributed by atoms with Crippen LogP contribution < -0.4 is 10.6 Å². The highest BCUT2D eigenvalue weighted by Crippen LogP contribution is 1.99. The van der Waals surface area contributed by atoms with Crippen molar-refractivity contribution in [2.24, 2.45) is 4.99 Å². The number of benzene rings is 1. The van der Waals surface area contributed by atoms with Gasteiger partial charge in [0.15, 0.2) is 5.96 Å². The fraction of sp³-hybridized carbons (Fsp3) is 0.467. The lowest BCUT2D eigenvalue weighted by Gasteiger charge is -2.14. The highest BCUT2D eigenvalue weighted by Gasteiger charge is 2.05. The Kier molecular flexibility index (Phi) is 7.86. The zero-order valence-corrected chi connectivity index (χ0v) is 12.6. The van der Waals surface area contributed by atoms with Crippen LogP contribution in [-0.2, 0) is 11.3 Å². The van der Waals surface area contributed by atoms with Gasteiger partial charge in [-0.1, -0.05) is 30.3 Å². The van der Waals surface area contributed by atoms with Crippen molar-refractivity contribution in [1.29, 1.82) is 0 Å². The Morgan fingerprint density at radius 1 is 1.24 bits per heavy atom. The number of amides is 1. The fourth-order valence-electron chi connectivity index (χ4n) is 1.52. The van der Waals surface area contributed by atoms with E-state index in [-0.39, 0.29) is 19.1 Å². The molecule has 0 aliphatic carbocycles. The number of hydrogen-bond donors (Lipinski definition) is 2. The zero-order valence-electron chi connectivity index (χ0n) is 12.6. The molecule has 2 N–H and O–H groups in total. The van der Waals surface area contributed by atoms with E-state index < -0.39 is 0 Å². The molecule has 0 heterocycles. The molecule has 0 fully saturated rings. The molecule has 0 unspecified atom stereocenters. The highest BCUT2D eigenvalue weighted by atomic mass is 19.1. The van der Waals surface area contributed by atoms with Gasteiger partial charge in [-0.2, -0.15) is 0 Å². The van der Waals surface area contributed by atoms with Gasteiger partial charge in [0.25, 0.3) is 0 Å². The number of hydrogen-bond acceptors (Lipinski definition) is 2. The second-order valence-electron chi connectivity index (χ2n) is 4.76. The Morgan fingerprint density at radius 3 is 2.57 bits per heavy atom. The number of halogens is 1. The molecule has 0 aliphatic heterocycles. The molecule has 1 aromatic rings. The van der Waals surface area contributed by atoms with Crippen molar-refractivity contribution in [2.45, 2.75) is 13.0 Å². The SMILES string of the molecule is CN(C)C(=O)CNC(=NCc1ccccc1)NCCCF. The van der Waals surface area contributed by atoms with E-state index in [1.54, 1.807) is 14.1 Å². The summed E-state index contributed by atoms with van der Waals surface area (Å²) in [5.41, 5.74) is 1.07. The normalized spacial score (nSPS) is 11.1. The predicted molar refractivity (Wildman–Crippen MR) is 82.9 cm³/mol. The molecule has 0 spiro atoms. The molecule has 0 radical (unpaired) electrons. The molecule has 0 aliphatic rings. The maximum atomic E-state index is 12.2. The summed E-state index contributed by atoms with van der Waals surface area (Å²) in [6.07, 6.45) is 0.410. The number of nitrogens with zero attached hydrogens (tertiary/aromatic N) is 2. The Bertz CT molecular complexity index is 448. The summed E-state index contributed by atoms with van der Waals surface area (Å²) < 4.78 is 12.2. The van der Waals surface area contributed by atoms with E-state index >= 15 is 0 Å². The summed E-state index contributed by atoms with van der Waals surface area (Å²) in [6.45, 7) is 0.758. The lowest BCUT2D eigenvalue weighted by Crippen LogP contribution is -2.43. The minimum Gasteiger partial charge on any atom is -0.356 e. The maximum Gasteiger partial charge on any atom is 0.241 e. The van der Waals surface area contributed by atoms with Crippen LogP contribution in [0.3, 0.4) is 0 Å². The molecule has 1 aromatic carbocycles. The first kappa shape index (κ1) is 16.9. The minimum absolute atomic E-state index is 0.0466. The quantitative estimate of drug-likeness (QED) is 0.451. The van der Waals surface area contributed by atoms with Crippen LogP contribution in [0.2, 0.25) is 0 Å². The van der Waals surface area contributed by atoms with E-state index in [2.05, 4.69) is 15.6 Å². The van der Waals surface area contributed by atoms with E-state index in [1.807, 2.05) is 30.3 Å². The topological polar surface area (TPSA) is 56.7 Å². The van der Waals surface area contributed by atoms with Crippen LogP contribution in [-0.4, -0.2) is 50.6 Å². The highest BCUT2D eigenvalue weighted by molar-refractivity contribution is 5.86. The maximum absolute atomic E-state index is 12.2. The van der Waals surface area contributed by atoms with Crippen molar-refractivity contribution in [3.05, 3.63) is 35.9 Å². The lowest BCUT2D eigenvalue weighted by molar-refractivity contribution is -0.127. The average molecular weight is 294 g/mol. The summed E-state index contributed by atoms with van der Waals surface area (Å²) in [5.74, 6) is 0.470. The number of carbonyl (C=O) groups excluding carboxylic acids is 1. The number of nitrogens with one attached hydrogen (secondary N) is 2. The first-order valence-corrected chi connectivity index (χ1v) is 6.95. The fourth-order valence-corrected chi connectivity index (χ4v) is 1.52. The van der Waals surface area contributed by atoms with Crippen LogP contribution in [0.15, 0.2) is 35.3 Å². The Hall–Kier alpha value is -2.11. The van der Waals surface area contributed by atoms with Crippen LogP contribution >= 0.6 is 0 Å². The number of likely N-dealkylation sites (N-methyl/N-ethyl adjacent to an activating group) is 1. The van der Waals surface area contributed by atoms with Crippen LogP contribution in [0, 0.1) is 0 Å². The van der Waals surface area contributed by atoms with Crippen molar-refractivity contribution in [1.82, 2.24) is 15.5 Å². The minimum atomic E-state index is -0.379. The lowest BCUT2D eigenvalue weighted by atomic mass is 10.2. The molecule has 0 bridgehead atoms. The Balaban J connectivity index is 2.56. The van der Waals surface area contributed by atoms with E-state index in [0.717, 1.165) is 5.56 Å². The number of guanidine groups is 1. The van der Waals surface area contributed by atoms with Crippen molar-refractivity contribution in [3.8, 4) is 0 Å². The van der Waals surface area contributed by atoms with Gasteiger partial charge in [0.05, 0.1) is 19.8 Å². The summed E-state index contributed by atoms with van der Waals surface area (Å²) in [5, 5.41) is 5.97. The molecular formula is C15H23FN4O. The second-order valence-corrected chi connectivity index (χ2v) is 4.76. The molecule has 0 saturated carbocycles. The molecular weight excluding hydrogens is 271 g/mol.